The minimum absolute atomic E-state index is 0.0987. The third-order valence-electron chi connectivity index (χ3n) is 2.18. The van der Waals surface area contributed by atoms with Gasteiger partial charge < -0.3 is 0 Å². The molecule has 1 aromatic carbocycles. The highest BCUT2D eigenvalue weighted by Gasteiger charge is 2.13. The second kappa shape index (κ2) is 4.19. The van der Waals surface area contributed by atoms with Crippen LogP contribution in [0.4, 0.5) is 5.69 Å². The Morgan fingerprint density at radius 3 is 2.81 bits per heavy atom. The number of aromatic nitrogens is 1. The van der Waals surface area contributed by atoms with Crippen LogP contribution in [0.2, 0.25) is 4.47 Å². The zero-order valence-electron chi connectivity index (χ0n) is 8.31. The SMILES string of the molecule is Cc1ccc(-c2csc(Cl)n2)cc1[N+](=O)[O-]. The normalized spacial score (nSPS) is 10.4. The van der Waals surface area contributed by atoms with Crippen LogP contribution in [-0.4, -0.2) is 9.91 Å². The van der Waals surface area contributed by atoms with Gasteiger partial charge in [-0.05, 0) is 6.92 Å². The van der Waals surface area contributed by atoms with Crippen molar-refractivity contribution < 1.29 is 4.92 Å². The molecule has 4 nitrogen and oxygen atoms in total. The first-order chi connectivity index (χ1) is 7.58. The highest BCUT2D eigenvalue weighted by Crippen LogP contribution is 2.28. The average Bonchev–Trinajstić information content (AvgIpc) is 2.65. The molecular formula is C10H7ClN2O2S. The standard InChI is InChI=1S/C10H7ClN2O2S/c1-6-2-3-7(4-9(6)13(14)15)8-5-16-10(11)12-8/h2-5H,1H3. The average molecular weight is 255 g/mol. The van der Waals surface area contributed by atoms with Crippen molar-refractivity contribution in [2.45, 2.75) is 6.92 Å². The number of nitro benzene ring substituents is 1. The lowest BCUT2D eigenvalue weighted by molar-refractivity contribution is -0.385. The van der Waals surface area contributed by atoms with Gasteiger partial charge >= 0.3 is 0 Å². The van der Waals surface area contributed by atoms with Gasteiger partial charge in [0.2, 0.25) is 0 Å². The molecule has 1 heterocycles. The fourth-order valence-corrected chi connectivity index (χ4v) is 2.12. The van der Waals surface area contributed by atoms with Gasteiger partial charge in [-0.3, -0.25) is 10.1 Å². The van der Waals surface area contributed by atoms with Gasteiger partial charge in [-0.2, -0.15) is 0 Å². The molecule has 16 heavy (non-hydrogen) atoms. The summed E-state index contributed by atoms with van der Waals surface area (Å²) in [6.07, 6.45) is 0. The largest absolute Gasteiger partial charge is 0.272 e. The van der Waals surface area contributed by atoms with E-state index in [9.17, 15) is 10.1 Å². The Morgan fingerprint density at radius 2 is 2.25 bits per heavy atom. The molecule has 0 fully saturated rings. The topological polar surface area (TPSA) is 56.0 Å². The Hall–Kier alpha value is -1.46. The van der Waals surface area contributed by atoms with Crippen molar-refractivity contribution in [2.24, 2.45) is 0 Å². The van der Waals surface area contributed by atoms with Gasteiger partial charge in [-0.25, -0.2) is 4.98 Å². The molecule has 0 unspecified atom stereocenters. The monoisotopic (exact) mass is 254 g/mol. The minimum atomic E-state index is -0.396. The lowest BCUT2D eigenvalue weighted by Crippen LogP contribution is -1.92. The van der Waals surface area contributed by atoms with E-state index in [0.29, 0.717) is 21.3 Å². The number of hydrogen-bond donors (Lipinski definition) is 0. The fraction of sp³-hybridized carbons (Fsp3) is 0.100. The number of halogens is 1. The van der Waals surface area contributed by atoms with Gasteiger partial charge in [0.15, 0.2) is 4.47 Å². The molecule has 0 spiro atoms. The van der Waals surface area contributed by atoms with E-state index in [1.165, 1.54) is 17.4 Å². The second-order valence-corrected chi connectivity index (χ2v) is 4.68. The first-order valence-electron chi connectivity index (χ1n) is 4.44. The Bertz CT molecular complexity index is 554. The third-order valence-corrected chi connectivity index (χ3v) is 3.16. The van der Waals surface area contributed by atoms with Crippen LogP contribution in [0.1, 0.15) is 5.56 Å². The molecule has 2 aromatic rings. The molecule has 0 aliphatic rings. The van der Waals surface area contributed by atoms with E-state index in [2.05, 4.69) is 4.98 Å². The highest BCUT2D eigenvalue weighted by atomic mass is 35.5. The summed E-state index contributed by atoms with van der Waals surface area (Å²) in [7, 11) is 0. The van der Waals surface area contributed by atoms with Gasteiger partial charge in [-0.1, -0.05) is 23.7 Å². The number of nitro groups is 1. The van der Waals surface area contributed by atoms with E-state index in [1.54, 1.807) is 24.4 Å². The number of benzene rings is 1. The number of aryl methyl sites for hydroxylation is 1. The van der Waals surface area contributed by atoms with E-state index in [1.807, 2.05) is 0 Å². The van der Waals surface area contributed by atoms with Crippen LogP contribution in [0, 0.1) is 17.0 Å². The summed E-state index contributed by atoms with van der Waals surface area (Å²) < 4.78 is 0.429. The summed E-state index contributed by atoms with van der Waals surface area (Å²) in [4.78, 5) is 14.4. The van der Waals surface area contributed by atoms with E-state index in [-0.39, 0.29) is 5.69 Å². The van der Waals surface area contributed by atoms with Crippen molar-refractivity contribution in [3.05, 3.63) is 43.7 Å². The van der Waals surface area contributed by atoms with Crippen LogP contribution in [-0.2, 0) is 0 Å². The van der Waals surface area contributed by atoms with Crippen molar-refractivity contribution in [3.63, 3.8) is 0 Å². The molecule has 0 saturated carbocycles. The summed E-state index contributed by atoms with van der Waals surface area (Å²) >= 11 is 7.02. The first kappa shape index (κ1) is 11.0. The molecule has 2 rings (SSSR count). The van der Waals surface area contributed by atoms with Crippen LogP contribution in [0.15, 0.2) is 23.6 Å². The number of thiazole rings is 1. The van der Waals surface area contributed by atoms with Crippen LogP contribution < -0.4 is 0 Å². The molecule has 0 N–H and O–H groups in total. The molecule has 0 amide bonds. The number of nitrogens with zero attached hydrogens (tertiary/aromatic N) is 2. The van der Waals surface area contributed by atoms with Crippen LogP contribution in [0.25, 0.3) is 11.3 Å². The maximum atomic E-state index is 10.8. The number of hydrogen-bond acceptors (Lipinski definition) is 4. The Morgan fingerprint density at radius 1 is 1.50 bits per heavy atom. The quantitative estimate of drug-likeness (QED) is 0.607. The molecule has 1 aromatic heterocycles. The molecule has 0 radical (unpaired) electrons. The van der Waals surface area contributed by atoms with Crippen LogP contribution in [0.5, 0.6) is 0 Å². The van der Waals surface area contributed by atoms with Gasteiger partial charge in [0, 0.05) is 22.6 Å². The summed E-state index contributed by atoms with van der Waals surface area (Å²) in [6.45, 7) is 1.70. The molecule has 0 aliphatic carbocycles. The molecule has 0 aliphatic heterocycles. The second-order valence-electron chi connectivity index (χ2n) is 3.24. The Balaban J connectivity index is 2.51. The lowest BCUT2D eigenvalue weighted by Gasteiger charge is -1.99. The predicted molar refractivity (Wildman–Crippen MR) is 64.0 cm³/mol. The summed E-state index contributed by atoms with van der Waals surface area (Å²) in [5.74, 6) is 0. The van der Waals surface area contributed by atoms with Gasteiger partial charge in [0.25, 0.3) is 5.69 Å². The van der Waals surface area contributed by atoms with Crippen molar-refractivity contribution in [2.75, 3.05) is 0 Å². The smallest absolute Gasteiger partial charge is 0.258 e. The van der Waals surface area contributed by atoms with E-state index < -0.39 is 4.92 Å². The summed E-state index contributed by atoms with van der Waals surface area (Å²) in [5.41, 5.74) is 2.11. The summed E-state index contributed by atoms with van der Waals surface area (Å²) in [5, 5.41) is 12.5. The maximum absolute atomic E-state index is 10.8. The molecule has 0 saturated heterocycles. The van der Waals surface area contributed by atoms with Gasteiger partial charge in [-0.15, -0.1) is 11.3 Å². The zero-order chi connectivity index (χ0) is 11.7. The van der Waals surface area contributed by atoms with Gasteiger partial charge in [0.05, 0.1) is 10.6 Å². The van der Waals surface area contributed by atoms with Crippen molar-refractivity contribution in [1.82, 2.24) is 4.98 Å². The Kier molecular flexibility index (Phi) is 2.89. The van der Waals surface area contributed by atoms with E-state index in [4.69, 9.17) is 11.6 Å². The van der Waals surface area contributed by atoms with Crippen LogP contribution >= 0.6 is 22.9 Å². The predicted octanol–water partition coefficient (Wildman–Crippen LogP) is 3.68. The maximum Gasteiger partial charge on any atom is 0.272 e. The summed E-state index contributed by atoms with van der Waals surface area (Å²) in [6, 6.07) is 5.02. The van der Waals surface area contributed by atoms with Crippen molar-refractivity contribution in [3.8, 4) is 11.3 Å². The highest BCUT2D eigenvalue weighted by molar-refractivity contribution is 7.14. The third kappa shape index (κ3) is 2.05. The van der Waals surface area contributed by atoms with Gasteiger partial charge in [0.1, 0.15) is 0 Å². The van der Waals surface area contributed by atoms with Crippen molar-refractivity contribution >= 4 is 28.6 Å². The van der Waals surface area contributed by atoms with Crippen LogP contribution in [0.3, 0.4) is 0 Å². The molecule has 0 bridgehead atoms. The Labute approximate surface area is 101 Å². The molecule has 82 valence electrons. The fourth-order valence-electron chi connectivity index (χ4n) is 1.35. The van der Waals surface area contributed by atoms with E-state index >= 15 is 0 Å². The first-order valence-corrected chi connectivity index (χ1v) is 5.70. The number of rotatable bonds is 2. The lowest BCUT2D eigenvalue weighted by atomic mass is 10.1. The zero-order valence-corrected chi connectivity index (χ0v) is 9.88. The van der Waals surface area contributed by atoms with Crippen molar-refractivity contribution in [1.29, 1.82) is 0 Å². The molecule has 0 atom stereocenters. The molecular weight excluding hydrogens is 248 g/mol. The van der Waals surface area contributed by atoms with E-state index in [0.717, 1.165) is 0 Å². The molecule has 6 heteroatoms. The minimum Gasteiger partial charge on any atom is -0.258 e.